The molecule has 3 rings (SSSR count). The number of hydrogen-bond donors (Lipinski definition) is 0. The summed E-state index contributed by atoms with van der Waals surface area (Å²) in [6.45, 7) is 1.89. The Morgan fingerprint density at radius 2 is 1.75 bits per heavy atom. The minimum Gasteiger partial charge on any atom is -0.261 e. The van der Waals surface area contributed by atoms with Crippen molar-refractivity contribution in [1.82, 2.24) is 4.68 Å². The molecule has 0 spiro atoms. The fourth-order valence-electron chi connectivity index (χ4n) is 2.27. The lowest BCUT2D eigenvalue weighted by Gasteiger charge is -2.06. The van der Waals surface area contributed by atoms with Crippen molar-refractivity contribution in [2.45, 2.75) is 6.92 Å². The molecule has 1 heterocycles. The van der Waals surface area contributed by atoms with E-state index in [1.165, 1.54) is 23.5 Å². The van der Waals surface area contributed by atoms with Crippen LogP contribution < -0.4 is 4.80 Å². The lowest BCUT2D eigenvalue weighted by Crippen LogP contribution is -2.13. The van der Waals surface area contributed by atoms with E-state index in [1.54, 1.807) is 23.9 Å². The maximum Gasteiger partial charge on any atom is 0.205 e. The maximum absolute atomic E-state index is 13.1. The quantitative estimate of drug-likeness (QED) is 0.600. The van der Waals surface area contributed by atoms with Crippen LogP contribution in [-0.4, -0.2) is 17.4 Å². The van der Waals surface area contributed by atoms with Crippen LogP contribution in [0.4, 0.5) is 4.39 Å². The summed E-state index contributed by atoms with van der Waals surface area (Å²) in [6.07, 6.45) is 0. The van der Waals surface area contributed by atoms with Crippen molar-refractivity contribution < 1.29 is 4.39 Å². The second kappa shape index (κ2) is 7.11. The summed E-state index contributed by atoms with van der Waals surface area (Å²) < 4.78 is 14.9. The average molecular weight is 360 g/mol. The standard InChI is InChI=1S/C18H15ClFN3S/c1-12(13-5-9-16(20)10-6-13)22-23-17(11-24-18(23)21-2)14-3-7-15(19)8-4-14/h3-11H,1-2H3. The van der Waals surface area contributed by atoms with Gasteiger partial charge in [0.15, 0.2) is 0 Å². The van der Waals surface area contributed by atoms with Crippen LogP contribution >= 0.6 is 22.9 Å². The van der Waals surface area contributed by atoms with Crippen molar-refractivity contribution in [3.63, 3.8) is 0 Å². The summed E-state index contributed by atoms with van der Waals surface area (Å²) in [7, 11) is 1.73. The average Bonchev–Trinajstić information content (AvgIpc) is 2.98. The molecule has 0 aliphatic carbocycles. The first-order chi connectivity index (χ1) is 11.6. The van der Waals surface area contributed by atoms with Gasteiger partial charge in [-0.1, -0.05) is 35.9 Å². The highest BCUT2D eigenvalue weighted by molar-refractivity contribution is 7.07. The van der Waals surface area contributed by atoms with Crippen LogP contribution in [0.15, 0.2) is 64.0 Å². The molecular formula is C18H15ClFN3S. The zero-order valence-electron chi connectivity index (χ0n) is 13.2. The van der Waals surface area contributed by atoms with Gasteiger partial charge >= 0.3 is 0 Å². The van der Waals surface area contributed by atoms with Crippen LogP contribution in [-0.2, 0) is 0 Å². The highest BCUT2D eigenvalue weighted by Crippen LogP contribution is 2.22. The third-order valence-corrected chi connectivity index (χ3v) is 4.69. The smallest absolute Gasteiger partial charge is 0.205 e. The molecule has 0 atom stereocenters. The van der Waals surface area contributed by atoms with E-state index in [4.69, 9.17) is 11.6 Å². The molecule has 122 valence electrons. The molecule has 0 bridgehead atoms. The Bertz CT molecular complexity index is 938. The summed E-state index contributed by atoms with van der Waals surface area (Å²) in [6, 6.07) is 13.9. The zero-order valence-corrected chi connectivity index (χ0v) is 14.8. The molecule has 1 aromatic heterocycles. The number of rotatable bonds is 3. The van der Waals surface area contributed by atoms with Crippen molar-refractivity contribution >= 4 is 28.6 Å². The summed E-state index contributed by atoms with van der Waals surface area (Å²) >= 11 is 7.48. The molecule has 0 saturated carbocycles. The number of benzene rings is 2. The molecule has 2 aromatic carbocycles. The van der Waals surface area contributed by atoms with E-state index in [9.17, 15) is 4.39 Å². The van der Waals surface area contributed by atoms with Gasteiger partial charge in [-0.3, -0.25) is 4.99 Å². The largest absolute Gasteiger partial charge is 0.261 e. The van der Waals surface area contributed by atoms with Gasteiger partial charge in [-0.05, 0) is 36.8 Å². The summed E-state index contributed by atoms with van der Waals surface area (Å²) in [5, 5.41) is 7.38. The van der Waals surface area contributed by atoms with Crippen LogP contribution in [0, 0.1) is 5.82 Å². The highest BCUT2D eigenvalue weighted by atomic mass is 35.5. The van der Waals surface area contributed by atoms with Gasteiger partial charge in [-0.25, -0.2) is 9.07 Å². The Kier molecular flexibility index (Phi) is 4.92. The molecule has 0 unspecified atom stereocenters. The second-order valence-corrected chi connectivity index (χ2v) is 6.41. The highest BCUT2D eigenvalue weighted by Gasteiger charge is 2.08. The number of halogens is 2. The molecule has 24 heavy (non-hydrogen) atoms. The van der Waals surface area contributed by atoms with Crippen molar-refractivity contribution in [3.05, 3.63) is 75.1 Å². The van der Waals surface area contributed by atoms with E-state index in [-0.39, 0.29) is 5.82 Å². The van der Waals surface area contributed by atoms with E-state index >= 15 is 0 Å². The Morgan fingerprint density at radius 1 is 1.08 bits per heavy atom. The Labute approximate surface area is 148 Å². The second-order valence-electron chi connectivity index (χ2n) is 5.14. The maximum atomic E-state index is 13.1. The van der Waals surface area contributed by atoms with Gasteiger partial charge in [0.05, 0.1) is 11.4 Å². The normalized spacial score (nSPS) is 12.7. The molecule has 3 aromatic rings. The first-order valence-corrected chi connectivity index (χ1v) is 8.55. The van der Waals surface area contributed by atoms with Crippen LogP contribution in [0.5, 0.6) is 0 Å². The minimum absolute atomic E-state index is 0.263. The van der Waals surface area contributed by atoms with Gasteiger partial charge in [-0.15, -0.1) is 11.3 Å². The van der Waals surface area contributed by atoms with E-state index in [0.717, 1.165) is 27.3 Å². The van der Waals surface area contributed by atoms with E-state index in [0.29, 0.717) is 5.02 Å². The first kappa shape index (κ1) is 16.6. The molecule has 0 saturated heterocycles. The number of nitrogens with zero attached hydrogens (tertiary/aromatic N) is 3. The van der Waals surface area contributed by atoms with Gasteiger partial charge in [-0.2, -0.15) is 5.10 Å². The van der Waals surface area contributed by atoms with E-state index in [2.05, 4.69) is 10.1 Å². The lowest BCUT2D eigenvalue weighted by molar-refractivity contribution is 0.627. The first-order valence-electron chi connectivity index (χ1n) is 7.29. The van der Waals surface area contributed by atoms with Gasteiger partial charge < -0.3 is 0 Å². The van der Waals surface area contributed by atoms with Gasteiger partial charge in [0.25, 0.3) is 0 Å². The molecule has 0 fully saturated rings. The predicted octanol–water partition coefficient (Wildman–Crippen LogP) is 4.81. The van der Waals surface area contributed by atoms with E-state index < -0.39 is 0 Å². The fourth-order valence-corrected chi connectivity index (χ4v) is 3.19. The van der Waals surface area contributed by atoms with Crippen LogP contribution in [0.3, 0.4) is 0 Å². The fraction of sp³-hybridized carbons (Fsp3) is 0.111. The molecule has 6 heteroatoms. The molecule has 3 nitrogen and oxygen atoms in total. The molecule has 0 aliphatic rings. The summed E-state index contributed by atoms with van der Waals surface area (Å²) in [4.78, 5) is 5.06. The third kappa shape index (κ3) is 3.47. The summed E-state index contributed by atoms with van der Waals surface area (Å²) in [5.41, 5.74) is 3.57. The Morgan fingerprint density at radius 3 is 2.38 bits per heavy atom. The van der Waals surface area contributed by atoms with Crippen LogP contribution in [0.1, 0.15) is 12.5 Å². The van der Waals surface area contributed by atoms with Gasteiger partial charge in [0.1, 0.15) is 5.82 Å². The summed E-state index contributed by atoms with van der Waals surface area (Å²) in [5.74, 6) is -0.263. The number of aromatic nitrogens is 1. The monoisotopic (exact) mass is 359 g/mol. The zero-order chi connectivity index (χ0) is 17.1. The molecule has 0 amide bonds. The van der Waals surface area contributed by atoms with Gasteiger partial charge in [0.2, 0.25) is 4.80 Å². The Hall–Kier alpha value is -2.24. The van der Waals surface area contributed by atoms with Crippen molar-refractivity contribution in [2.75, 3.05) is 7.05 Å². The van der Waals surface area contributed by atoms with Crippen molar-refractivity contribution in [3.8, 4) is 11.3 Å². The topological polar surface area (TPSA) is 29.6 Å². The van der Waals surface area contributed by atoms with Crippen LogP contribution in [0.2, 0.25) is 5.02 Å². The molecular weight excluding hydrogens is 345 g/mol. The lowest BCUT2D eigenvalue weighted by atomic mass is 10.1. The molecule has 0 N–H and O–H groups in total. The van der Waals surface area contributed by atoms with E-state index in [1.807, 2.05) is 36.6 Å². The van der Waals surface area contributed by atoms with Gasteiger partial charge in [0, 0.05) is 23.0 Å². The van der Waals surface area contributed by atoms with Crippen molar-refractivity contribution in [1.29, 1.82) is 0 Å². The SMILES string of the molecule is CN=c1scc(-c2ccc(Cl)cc2)n1N=C(C)c1ccc(F)cc1. The van der Waals surface area contributed by atoms with Crippen LogP contribution in [0.25, 0.3) is 11.3 Å². The minimum atomic E-state index is -0.263. The number of thiazole rings is 1. The number of hydrogen-bond acceptors (Lipinski definition) is 3. The Balaban J connectivity index is 2.10. The predicted molar refractivity (Wildman–Crippen MR) is 98.3 cm³/mol. The van der Waals surface area contributed by atoms with Crippen molar-refractivity contribution in [2.24, 2.45) is 10.1 Å². The molecule has 0 aliphatic heterocycles. The molecule has 0 radical (unpaired) electrons. The third-order valence-electron chi connectivity index (χ3n) is 3.53.